The van der Waals surface area contributed by atoms with E-state index in [0.29, 0.717) is 18.4 Å². The molecule has 0 fully saturated rings. The van der Waals surface area contributed by atoms with Crippen molar-refractivity contribution >= 4 is 47.3 Å². The summed E-state index contributed by atoms with van der Waals surface area (Å²) in [4.78, 5) is 46.3. The van der Waals surface area contributed by atoms with Gasteiger partial charge in [-0.3, -0.25) is 18.9 Å². The van der Waals surface area contributed by atoms with E-state index >= 15 is 0 Å². The number of aromatic nitrogens is 8. The Morgan fingerprint density at radius 2 is 1.20 bits per heavy atom. The third-order valence-electron chi connectivity index (χ3n) is 8.37. The summed E-state index contributed by atoms with van der Waals surface area (Å²) < 4.78 is 33.1. The van der Waals surface area contributed by atoms with Crippen LogP contribution >= 0.6 is 7.37 Å². The zero-order valence-corrected chi connectivity index (χ0v) is 46.8. The average Bonchev–Trinajstić information content (AvgIpc) is 3.81. The number of hydrogen-bond donors (Lipinski definition) is 2. The van der Waals surface area contributed by atoms with Gasteiger partial charge in [-0.2, -0.15) is 9.91 Å². The first kappa shape index (κ1) is 71.6. The molecule has 0 amide bonds. The first-order valence-electron chi connectivity index (χ1n) is 21.6. The van der Waals surface area contributed by atoms with E-state index in [4.69, 9.17) is 9.92 Å². The number of carbonyl (C=O) groups is 3. The second-order valence-electron chi connectivity index (χ2n) is 22.6. The van der Waals surface area contributed by atoms with Crippen LogP contribution in [-0.4, -0.2) is 118 Å². The number of Topliss-reactive ketones (excluding diaryl/α,β-unsaturated/α-hetero) is 3. The Bertz CT molecular complexity index is 1950. The number of hydrogen-bond acceptors (Lipinski definition) is 16. The van der Waals surface area contributed by atoms with Gasteiger partial charge in [-0.1, -0.05) is 132 Å². The fraction of sp³-hybridized carbons (Fsp3) is 0.864. The van der Waals surface area contributed by atoms with Gasteiger partial charge in [-0.15, -0.1) is 20.4 Å². The summed E-state index contributed by atoms with van der Waals surface area (Å²) in [6.07, 6.45) is 2.12. The van der Waals surface area contributed by atoms with Crippen LogP contribution in [0.3, 0.4) is 0 Å². The normalized spacial score (nSPS) is 13.5. The molecule has 3 heterocycles. The molecule has 66 heavy (non-hydrogen) atoms. The Kier molecular flexibility index (Phi) is 32.0. The van der Waals surface area contributed by atoms with Gasteiger partial charge in [0.2, 0.25) is 7.37 Å². The zero-order valence-electron chi connectivity index (χ0n) is 45.1. The highest BCUT2D eigenvalue weighted by Crippen LogP contribution is 2.49. The molecule has 1 unspecified atom stereocenters. The molecule has 0 aliphatic carbocycles. The fourth-order valence-electron chi connectivity index (χ4n) is 3.29. The minimum Gasteiger partial charge on any atom is -0.451 e. The molecule has 0 saturated heterocycles. The summed E-state index contributed by atoms with van der Waals surface area (Å²) in [5, 5.41) is 38.9. The lowest BCUT2D eigenvalue weighted by Gasteiger charge is -2.21. The lowest BCUT2D eigenvalue weighted by atomic mass is 9.60. The molecule has 1 aliphatic rings. The van der Waals surface area contributed by atoms with Crippen LogP contribution in [0, 0.1) is 16.7 Å². The largest absolute Gasteiger partial charge is 0.451 e. The lowest BCUT2D eigenvalue weighted by molar-refractivity contribution is -0.124. The number of aliphatic imine (C=N–C) groups is 1. The molecule has 3 rings (SSSR count). The molecular weight excluding hydrogens is 884 g/mol. The molecule has 22 heteroatoms. The maximum atomic E-state index is 10.9. The quantitative estimate of drug-likeness (QED) is 0.202. The van der Waals surface area contributed by atoms with Crippen LogP contribution in [0.15, 0.2) is 15.2 Å². The topological polar surface area (TPSA) is 267 Å². The number of azo groups is 1. The number of nitrogens with zero attached hydrogens (tertiary/aromatic N) is 11. The smallest absolute Gasteiger partial charge is 0.286 e. The molecule has 0 spiro atoms. The van der Waals surface area contributed by atoms with Gasteiger partial charge in [-0.05, 0) is 68.9 Å². The fourth-order valence-corrected chi connectivity index (χ4v) is 3.29. The predicted molar refractivity (Wildman–Crippen MR) is 271 cm³/mol. The van der Waals surface area contributed by atoms with Crippen molar-refractivity contribution in [2.45, 2.75) is 214 Å². The van der Waals surface area contributed by atoms with E-state index in [-0.39, 0.29) is 66.4 Å². The van der Waals surface area contributed by atoms with Gasteiger partial charge >= 0.3 is 0 Å². The van der Waals surface area contributed by atoms with Crippen LogP contribution in [0.4, 0.5) is 0 Å². The molecule has 0 saturated carbocycles. The highest BCUT2D eigenvalue weighted by atomic mass is 32.2. The molecule has 0 aromatic carbocycles. The number of carbonyl (C=O) groups excluding carboxylic acids is 3. The average molecular weight is 978 g/mol. The molecule has 0 bridgehead atoms. The molecule has 19 nitrogen and oxygen atoms in total. The van der Waals surface area contributed by atoms with Crippen molar-refractivity contribution in [2.24, 2.45) is 32.0 Å². The van der Waals surface area contributed by atoms with Crippen molar-refractivity contribution in [3.8, 4) is 0 Å². The van der Waals surface area contributed by atoms with Crippen molar-refractivity contribution in [3.05, 3.63) is 11.6 Å². The summed E-state index contributed by atoms with van der Waals surface area (Å²) in [5.74, 6) is 3.03. The first-order valence-corrected chi connectivity index (χ1v) is 25.6. The Labute approximate surface area is 400 Å². The van der Waals surface area contributed by atoms with Gasteiger partial charge in [0, 0.05) is 40.2 Å². The number of amidine groups is 1. The van der Waals surface area contributed by atoms with E-state index in [0.717, 1.165) is 18.0 Å². The number of tetrazole rings is 2. The van der Waals surface area contributed by atoms with Crippen molar-refractivity contribution in [1.29, 1.82) is 0 Å². The number of ketones is 3. The van der Waals surface area contributed by atoms with E-state index in [9.17, 15) is 27.4 Å². The van der Waals surface area contributed by atoms with E-state index in [1.807, 2.05) is 69.1 Å². The van der Waals surface area contributed by atoms with E-state index < -0.39 is 27.1 Å². The molecule has 1 aliphatic heterocycles. The van der Waals surface area contributed by atoms with Crippen molar-refractivity contribution in [1.82, 2.24) is 40.4 Å². The van der Waals surface area contributed by atoms with Gasteiger partial charge in [0.25, 0.3) is 6.92 Å². The summed E-state index contributed by atoms with van der Waals surface area (Å²) in [6, 6.07) is 0. The van der Waals surface area contributed by atoms with Crippen molar-refractivity contribution in [2.75, 3.05) is 19.6 Å². The first-order chi connectivity index (χ1) is 28.5. The van der Waals surface area contributed by atoms with Gasteiger partial charge < -0.3 is 9.92 Å². The molecular formula is C44H93BN11O8PS. The Balaban J connectivity index is -0.000000222. The summed E-state index contributed by atoms with van der Waals surface area (Å²) >= 11 is 0. The van der Waals surface area contributed by atoms with Crippen molar-refractivity contribution < 1.29 is 37.3 Å². The van der Waals surface area contributed by atoms with Crippen molar-refractivity contribution in [3.63, 3.8) is 0 Å². The molecule has 2 aromatic rings. The molecule has 0 radical (unpaired) electrons. The van der Waals surface area contributed by atoms with Gasteiger partial charge in [0.15, 0.2) is 39.7 Å². The highest BCUT2D eigenvalue weighted by Gasteiger charge is 2.28. The summed E-state index contributed by atoms with van der Waals surface area (Å²) in [5.41, 5.74) is -0.109. The van der Waals surface area contributed by atoms with Crippen LogP contribution in [0.2, 0.25) is 13.1 Å². The predicted octanol–water partition coefficient (Wildman–Crippen LogP) is 9.00. The Hall–Kier alpha value is -3.42. The van der Waals surface area contributed by atoms with Gasteiger partial charge in [-0.25, -0.2) is 18.1 Å². The SMILES string of the molecule is C.CB(O)CC(C)(C)C.CC(=O)C(C)(C)C.CC(=O)Cn1nnc(C(C)(C)C)n1.CC(=O)Cn1nnnc1C(C)(C)C.CC(C)(C)P(C)(=O)O.CC(C)(C)S(C)(=O)=O.CC(C)C1=NCN=N1. The lowest BCUT2D eigenvalue weighted by Crippen LogP contribution is -2.26. The molecule has 2 aromatic heterocycles. The third kappa shape index (κ3) is 37.7. The molecule has 386 valence electrons. The molecule has 2 N–H and O–H groups in total. The maximum Gasteiger partial charge on any atom is 0.286 e. The monoisotopic (exact) mass is 978 g/mol. The van der Waals surface area contributed by atoms with Crippen LogP contribution in [0.25, 0.3) is 0 Å². The van der Waals surface area contributed by atoms with Gasteiger partial charge in [0.1, 0.15) is 24.7 Å². The number of rotatable bonds is 6. The van der Waals surface area contributed by atoms with Crippen LogP contribution in [-0.2, 0) is 52.7 Å². The van der Waals surface area contributed by atoms with E-state index in [1.54, 1.807) is 53.1 Å². The Morgan fingerprint density at radius 1 is 0.788 bits per heavy atom. The van der Waals surface area contributed by atoms with Crippen LogP contribution in [0.5, 0.6) is 0 Å². The number of sulfone groups is 1. The zero-order chi connectivity index (χ0) is 53.0. The molecule has 1 atom stereocenters. The third-order valence-corrected chi connectivity index (χ3v) is 13.1. The van der Waals surface area contributed by atoms with E-state index in [1.165, 1.54) is 31.6 Å². The summed E-state index contributed by atoms with van der Waals surface area (Å²) in [6.45, 7) is 47.2. The minimum atomic E-state index is -2.85. The van der Waals surface area contributed by atoms with Crippen LogP contribution in [0.1, 0.15) is 178 Å². The standard InChI is InChI=1S/2C8H14N4O.C6H15BO.C6H12O.C5H9N3.C5H13O2P.C5H12O2S.CH4/c1-6(13)5-12-7(8(2,3)4)9-10-11-12;1-6(13)5-12-10-7(9-11-12)8(2,3)4;1-6(2,3)5-7(4)8;1-5(7)6(2,3)4;1-4(2)5-6-3-7-8-5;2*1-5(2,3)8(4,6)7;/h2*5H2,1-4H3;8H,5H2,1-4H3;1-4H3;4H,3H2,1-2H3;1-4H3,(H,6,7);1-4H3;1H4. The van der Waals surface area contributed by atoms with Crippen LogP contribution < -0.4 is 0 Å². The second-order valence-corrected chi connectivity index (χ2v) is 28.5. The highest BCUT2D eigenvalue weighted by molar-refractivity contribution is 7.92. The maximum absolute atomic E-state index is 10.9. The summed E-state index contributed by atoms with van der Waals surface area (Å²) in [7, 11) is -5.69. The second kappa shape index (κ2) is 29.5. The van der Waals surface area contributed by atoms with E-state index in [2.05, 4.69) is 80.8 Å². The Morgan fingerprint density at radius 3 is 1.39 bits per heavy atom. The minimum absolute atomic E-state index is 0. The van der Waals surface area contributed by atoms with Gasteiger partial charge in [0.05, 0.1) is 4.75 Å².